The fraction of sp³-hybridized carbons (Fsp3) is 0.0385. The van der Waals surface area contributed by atoms with Crippen molar-refractivity contribution >= 4 is 46.2 Å². The Hall–Kier alpha value is -3.47. The van der Waals surface area contributed by atoms with E-state index in [9.17, 15) is 4.79 Å². The number of carbonyl (C=O) groups excluding carboxylic acids is 1. The molecule has 4 nitrogen and oxygen atoms in total. The van der Waals surface area contributed by atoms with Crippen LogP contribution in [0.5, 0.6) is 0 Å². The molecule has 0 radical (unpaired) electrons. The molecule has 0 bridgehead atoms. The molecule has 6 heteroatoms. The van der Waals surface area contributed by atoms with Gasteiger partial charge in [-0.15, -0.1) is 0 Å². The van der Waals surface area contributed by atoms with Gasteiger partial charge in [0.15, 0.2) is 6.04 Å². The number of hydrogen-bond acceptors (Lipinski definition) is 3. The second-order valence-corrected chi connectivity index (χ2v) is 7.90. The van der Waals surface area contributed by atoms with Crippen LogP contribution < -0.4 is 15.8 Å². The summed E-state index contributed by atoms with van der Waals surface area (Å²) in [7, 11) is 0. The van der Waals surface area contributed by atoms with E-state index in [1.165, 1.54) is 0 Å². The van der Waals surface area contributed by atoms with Gasteiger partial charge in [0.25, 0.3) is 5.91 Å². The molecule has 0 aliphatic heterocycles. The van der Waals surface area contributed by atoms with Gasteiger partial charge in [-0.2, -0.15) is 0 Å². The van der Waals surface area contributed by atoms with Gasteiger partial charge in [-0.1, -0.05) is 96.0 Å². The lowest BCUT2D eigenvalue weighted by Crippen LogP contribution is -2.41. The third kappa shape index (κ3) is 5.05. The molecule has 0 heterocycles. The molecule has 0 saturated carbocycles. The number of amides is 1. The van der Waals surface area contributed by atoms with Crippen molar-refractivity contribution in [3.8, 4) is 0 Å². The third-order valence-corrected chi connectivity index (χ3v) is 5.54. The van der Waals surface area contributed by atoms with Gasteiger partial charge in [0.2, 0.25) is 0 Å². The van der Waals surface area contributed by atoms with Gasteiger partial charge in [0.1, 0.15) is 0 Å². The number of para-hydroxylation sites is 3. The number of hydrazine groups is 1. The molecule has 1 amide bonds. The molecule has 1 atom stereocenters. The maximum absolute atomic E-state index is 13.6. The topological polar surface area (TPSA) is 44.4 Å². The van der Waals surface area contributed by atoms with Crippen molar-refractivity contribution in [3.05, 3.63) is 125 Å². The zero-order valence-corrected chi connectivity index (χ0v) is 18.6. The number of carbonyl (C=O) groups is 1. The lowest BCUT2D eigenvalue weighted by molar-refractivity contribution is -0.117. The number of anilines is 3. The van der Waals surface area contributed by atoms with E-state index < -0.39 is 6.04 Å². The number of rotatable bonds is 7. The van der Waals surface area contributed by atoms with Gasteiger partial charge >= 0.3 is 0 Å². The Labute approximate surface area is 197 Å². The Balaban J connectivity index is 1.81. The summed E-state index contributed by atoms with van der Waals surface area (Å²) in [6.07, 6.45) is 0. The van der Waals surface area contributed by atoms with Crippen molar-refractivity contribution in [2.45, 2.75) is 6.04 Å². The van der Waals surface area contributed by atoms with E-state index in [0.717, 1.165) is 5.56 Å². The van der Waals surface area contributed by atoms with Crippen LogP contribution in [0, 0.1) is 0 Å². The van der Waals surface area contributed by atoms with Crippen molar-refractivity contribution in [1.29, 1.82) is 0 Å². The van der Waals surface area contributed by atoms with E-state index in [0.29, 0.717) is 27.1 Å². The van der Waals surface area contributed by atoms with E-state index in [1.54, 1.807) is 17.1 Å². The quantitative estimate of drug-likeness (QED) is 0.285. The Morgan fingerprint density at radius 3 is 1.91 bits per heavy atom. The maximum atomic E-state index is 13.6. The second-order valence-electron chi connectivity index (χ2n) is 7.08. The van der Waals surface area contributed by atoms with Crippen LogP contribution in [0.1, 0.15) is 11.6 Å². The molecule has 2 N–H and O–H groups in total. The number of nitrogens with zero attached hydrogens (tertiary/aromatic N) is 1. The van der Waals surface area contributed by atoms with Crippen molar-refractivity contribution in [1.82, 2.24) is 0 Å². The van der Waals surface area contributed by atoms with Gasteiger partial charge in [0.05, 0.1) is 21.4 Å². The average Bonchev–Trinajstić information content (AvgIpc) is 2.82. The maximum Gasteiger partial charge on any atom is 0.253 e. The minimum absolute atomic E-state index is 0.220. The molecule has 4 rings (SSSR count). The third-order valence-electron chi connectivity index (χ3n) is 4.89. The summed E-state index contributed by atoms with van der Waals surface area (Å²) in [6, 6.07) is 32.9. The van der Waals surface area contributed by atoms with Gasteiger partial charge in [0, 0.05) is 5.69 Å². The Morgan fingerprint density at radius 2 is 1.25 bits per heavy atom. The van der Waals surface area contributed by atoms with Crippen LogP contribution in [0.2, 0.25) is 10.0 Å². The smallest absolute Gasteiger partial charge is 0.253 e. The lowest BCUT2D eigenvalue weighted by atomic mass is 10.0. The molecule has 0 aromatic heterocycles. The molecule has 0 fully saturated rings. The van der Waals surface area contributed by atoms with Crippen LogP contribution in [0.15, 0.2) is 109 Å². The monoisotopic (exact) mass is 461 g/mol. The summed E-state index contributed by atoms with van der Waals surface area (Å²) < 4.78 is 0. The molecule has 0 saturated heterocycles. The van der Waals surface area contributed by atoms with Crippen molar-refractivity contribution in [2.75, 3.05) is 15.8 Å². The van der Waals surface area contributed by atoms with Crippen molar-refractivity contribution < 1.29 is 4.79 Å². The summed E-state index contributed by atoms with van der Waals surface area (Å²) in [5.74, 6) is -0.220. The first kappa shape index (κ1) is 21.8. The van der Waals surface area contributed by atoms with Gasteiger partial charge in [-0.3, -0.25) is 15.2 Å². The standard InChI is InChI=1S/C26H21Cl2N3O/c27-21-15-7-9-17-23(21)30-31(24-18-10-8-16-22(24)28)25(19-11-3-1-4-12-19)26(32)29-20-13-5-2-6-14-20/h1-18,25,30H,(H,29,32). The number of hydrogen-bond donors (Lipinski definition) is 2. The van der Waals surface area contributed by atoms with Crippen molar-refractivity contribution in [2.24, 2.45) is 0 Å². The molecule has 4 aromatic carbocycles. The second kappa shape index (κ2) is 10.2. The Bertz CT molecular complexity index is 1190. The van der Waals surface area contributed by atoms with E-state index in [4.69, 9.17) is 23.2 Å². The fourth-order valence-corrected chi connectivity index (χ4v) is 3.78. The van der Waals surface area contributed by atoms with E-state index >= 15 is 0 Å². The molecule has 4 aromatic rings. The average molecular weight is 462 g/mol. The highest BCUT2D eigenvalue weighted by Gasteiger charge is 2.30. The van der Waals surface area contributed by atoms with E-state index in [2.05, 4.69) is 10.7 Å². The molecular formula is C26H21Cl2N3O. The predicted molar refractivity (Wildman–Crippen MR) is 133 cm³/mol. The van der Waals surface area contributed by atoms with Crippen LogP contribution >= 0.6 is 23.2 Å². The molecular weight excluding hydrogens is 441 g/mol. The van der Waals surface area contributed by atoms with E-state index in [-0.39, 0.29) is 5.91 Å². The summed E-state index contributed by atoms with van der Waals surface area (Å²) in [5, 5.41) is 5.79. The molecule has 0 aliphatic carbocycles. The van der Waals surface area contributed by atoms with E-state index in [1.807, 2.05) is 97.1 Å². The Kier molecular flexibility index (Phi) is 6.95. The molecule has 0 spiro atoms. The van der Waals surface area contributed by atoms with Crippen LogP contribution in [0.3, 0.4) is 0 Å². The zero-order valence-electron chi connectivity index (χ0n) is 17.1. The SMILES string of the molecule is O=C(Nc1ccccc1)C(c1ccccc1)N(Nc1ccccc1Cl)c1ccccc1Cl. The predicted octanol–water partition coefficient (Wildman–Crippen LogP) is 7.21. The first-order valence-electron chi connectivity index (χ1n) is 10.1. The number of halogens is 2. The van der Waals surface area contributed by atoms with Crippen LogP contribution in [0.25, 0.3) is 0 Å². The fourth-order valence-electron chi connectivity index (χ4n) is 3.38. The van der Waals surface area contributed by atoms with Crippen LogP contribution in [0.4, 0.5) is 17.1 Å². The molecule has 160 valence electrons. The van der Waals surface area contributed by atoms with Crippen LogP contribution in [-0.2, 0) is 4.79 Å². The number of benzene rings is 4. The highest BCUT2D eigenvalue weighted by molar-refractivity contribution is 6.34. The number of nitrogens with one attached hydrogen (secondary N) is 2. The van der Waals surface area contributed by atoms with Gasteiger partial charge in [-0.25, -0.2) is 0 Å². The molecule has 32 heavy (non-hydrogen) atoms. The molecule has 0 aliphatic rings. The summed E-state index contributed by atoms with van der Waals surface area (Å²) >= 11 is 13.0. The minimum atomic E-state index is -0.743. The first-order chi connectivity index (χ1) is 15.6. The van der Waals surface area contributed by atoms with Gasteiger partial charge < -0.3 is 5.32 Å². The van der Waals surface area contributed by atoms with Crippen molar-refractivity contribution in [3.63, 3.8) is 0 Å². The largest absolute Gasteiger partial charge is 0.324 e. The zero-order chi connectivity index (χ0) is 22.3. The molecule has 1 unspecified atom stereocenters. The lowest BCUT2D eigenvalue weighted by Gasteiger charge is -2.34. The summed E-state index contributed by atoms with van der Waals surface area (Å²) in [6.45, 7) is 0. The highest BCUT2D eigenvalue weighted by atomic mass is 35.5. The normalized spacial score (nSPS) is 11.4. The first-order valence-corrected chi connectivity index (χ1v) is 10.8. The summed E-state index contributed by atoms with van der Waals surface area (Å²) in [5.41, 5.74) is 6.12. The highest BCUT2D eigenvalue weighted by Crippen LogP contribution is 2.35. The van der Waals surface area contributed by atoms with Gasteiger partial charge in [-0.05, 0) is 42.0 Å². The minimum Gasteiger partial charge on any atom is -0.324 e. The Morgan fingerprint density at radius 1 is 0.688 bits per heavy atom. The summed E-state index contributed by atoms with van der Waals surface area (Å²) in [4.78, 5) is 13.6. The van der Waals surface area contributed by atoms with Crippen LogP contribution in [-0.4, -0.2) is 5.91 Å².